The molecule has 0 aliphatic carbocycles. The van der Waals surface area contributed by atoms with Crippen LogP contribution < -0.4 is 30.7 Å². The van der Waals surface area contributed by atoms with Crippen LogP contribution in [0.5, 0.6) is 11.5 Å². The number of carbonyl (C=O) groups excluding carboxylic acids is 6. The van der Waals surface area contributed by atoms with Gasteiger partial charge in [-0.2, -0.15) is 20.5 Å². The summed E-state index contributed by atoms with van der Waals surface area (Å²) < 4.78 is 11.8. The highest BCUT2D eigenvalue weighted by Crippen LogP contribution is 2.42. The van der Waals surface area contributed by atoms with Gasteiger partial charge in [-0.25, -0.2) is 0 Å². The van der Waals surface area contributed by atoms with E-state index in [0.717, 1.165) is 25.0 Å². The third kappa shape index (κ3) is 14.4. The van der Waals surface area contributed by atoms with Crippen molar-refractivity contribution in [3.63, 3.8) is 0 Å². The number of benzene rings is 5. The minimum atomic E-state index is -1.66. The lowest BCUT2D eigenvalue weighted by atomic mass is 10.1. The van der Waals surface area contributed by atoms with E-state index in [2.05, 4.69) is 41.7 Å². The molecule has 0 radical (unpaired) electrons. The van der Waals surface area contributed by atoms with Gasteiger partial charge < -0.3 is 30.7 Å². The molecule has 20 heteroatoms. The summed E-state index contributed by atoms with van der Waals surface area (Å²) in [6, 6.07) is 22.3. The lowest BCUT2D eigenvalue weighted by molar-refractivity contribution is -0.127. The number of hydrogen-bond acceptors (Lipinski definition) is 12. The Balaban J connectivity index is 1.34. The second-order valence-corrected chi connectivity index (χ2v) is 16.2. The number of anilines is 4. The number of azo groups is 2. The van der Waals surface area contributed by atoms with Crippen LogP contribution in [0.25, 0.3) is 0 Å². The van der Waals surface area contributed by atoms with Gasteiger partial charge in [-0.1, -0.05) is 59.6 Å². The van der Waals surface area contributed by atoms with Crippen molar-refractivity contribution >= 4 is 116 Å². The van der Waals surface area contributed by atoms with E-state index in [1.54, 1.807) is 38.1 Å². The molecule has 16 nitrogen and oxygen atoms in total. The zero-order chi connectivity index (χ0) is 49.3. The fourth-order valence-corrected chi connectivity index (χ4v) is 7.33. The van der Waals surface area contributed by atoms with Gasteiger partial charge in [-0.3, -0.25) is 28.8 Å². The number of rotatable bonds is 22. The second-order valence-electron chi connectivity index (χ2n) is 14.6. The maximum atomic E-state index is 13.7. The summed E-state index contributed by atoms with van der Waals surface area (Å²) >= 11 is 24.5. The van der Waals surface area contributed by atoms with Crippen LogP contribution in [0.4, 0.5) is 34.1 Å². The number of ether oxygens (including phenoxy) is 2. The molecule has 2 atom stereocenters. The Morgan fingerprint density at radius 1 is 0.529 bits per heavy atom. The molecule has 2 unspecified atom stereocenters. The van der Waals surface area contributed by atoms with Crippen LogP contribution in [0.1, 0.15) is 59.5 Å². The number of nitrogens with zero attached hydrogens (tertiary/aromatic N) is 4. The van der Waals surface area contributed by atoms with Gasteiger partial charge >= 0.3 is 0 Å². The van der Waals surface area contributed by atoms with Gasteiger partial charge in [0.15, 0.2) is 23.1 Å². The SMILES string of the molecule is CCOc1c(NC(=O)C(N=Nc2cc(Cl)cc(C(=O)Nc3ccccc3CCCl)c2)C(C)=O)ccc(NC(=O)C(N=Nc2cc(Cl)cc(C(=O)Nc3ccccc3CCCl)c2)C(C)=O)c1OCC. The average molecular weight is 1000 g/mol. The van der Waals surface area contributed by atoms with Gasteiger partial charge in [0.2, 0.25) is 12.1 Å². The highest BCUT2D eigenvalue weighted by Gasteiger charge is 2.29. The highest BCUT2D eigenvalue weighted by molar-refractivity contribution is 6.32. The average Bonchev–Trinajstić information content (AvgIpc) is 3.29. The molecule has 0 fully saturated rings. The van der Waals surface area contributed by atoms with Crippen molar-refractivity contribution in [3.8, 4) is 11.5 Å². The number of amides is 4. The molecular weight excluding hydrogens is 958 g/mol. The van der Waals surface area contributed by atoms with E-state index < -0.39 is 47.3 Å². The van der Waals surface area contributed by atoms with E-state index in [9.17, 15) is 28.8 Å². The molecule has 4 N–H and O–H groups in total. The summed E-state index contributed by atoms with van der Waals surface area (Å²) in [5.41, 5.74) is 3.37. The van der Waals surface area contributed by atoms with Gasteiger partial charge in [0.1, 0.15) is 0 Å². The number of carbonyl (C=O) groups is 6. The summed E-state index contributed by atoms with van der Waals surface area (Å²) in [7, 11) is 0. The molecule has 0 heterocycles. The molecule has 0 aliphatic heterocycles. The second kappa shape index (κ2) is 25.4. The Hall–Kier alpha value is -6.72. The third-order valence-electron chi connectivity index (χ3n) is 9.60. The maximum Gasteiger partial charge on any atom is 0.258 e. The first kappa shape index (κ1) is 52.3. The minimum Gasteiger partial charge on any atom is -0.488 e. The Labute approximate surface area is 412 Å². The summed E-state index contributed by atoms with van der Waals surface area (Å²) in [5.74, 6) is -3.43. The molecule has 68 heavy (non-hydrogen) atoms. The predicted molar refractivity (Wildman–Crippen MR) is 265 cm³/mol. The van der Waals surface area contributed by atoms with Crippen LogP contribution in [-0.2, 0) is 32.0 Å². The van der Waals surface area contributed by atoms with E-state index in [1.165, 1.54) is 48.5 Å². The molecule has 0 bridgehead atoms. The van der Waals surface area contributed by atoms with E-state index in [1.807, 2.05) is 24.3 Å². The molecule has 4 amide bonds. The van der Waals surface area contributed by atoms with Gasteiger partial charge in [0.25, 0.3) is 23.6 Å². The van der Waals surface area contributed by atoms with Crippen molar-refractivity contribution in [1.29, 1.82) is 0 Å². The normalized spacial score (nSPS) is 12.0. The van der Waals surface area contributed by atoms with Gasteiger partial charge in [0, 0.05) is 44.3 Å². The van der Waals surface area contributed by atoms with Crippen molar-refractivity contribution in [1.82, 2.24) is 0 Å². The van der Waals surface area contributed by atoms with Crippen LogP contribution in [0.15, 0.2) is 118 Å². The number of hydrogen-bond donors (Lipinski definition) is 4. The topological polar surface area (TPSA) is 218 Å². The predicted octanol–water partition coefficient (Wildman–Crippen LogP) is 11.2. The Bertz CT molecular complexity index is 2570. The van der Waals surface area contributed by atoms with E-state index in [-0.39, 0.29) is 68.6 Å². The van der Waals surface area contributed by atoms with Crippen molar-refractivity contribution in [3.05, 3.63) is 129 Å². The van der Waals surface area contributed by atoms with Crippen LogP contribution in [0.3, 0.4) is 0 Å². The summed E-state index contributed by atoms with van der Waals surface area (Å²) in [5, 5.41) is 27.5. The number of nitrogens with one attached hydrogen (secondary N) is 4. The fraction of sp³-hybridized carbons (Fsp3) is 0.250. The van der Waals surface area contributed by atoms with Crippen molar-refractivity contribution in [2.45, 2.75) is 52.6 Å². The van der Waals surface area contributed by atoms with Gasteiger partial charge in [-0.05, 0) is 112 Å². The van der Waals surface area contributed by atoms with Gasteiger partial charge in [0.05, 0.1) is 36.0 Å². The summed E-state index contributed by atoms with van der Waals surface area (Å²) in [6.07, 6.45) is 1.06. The van der Waals surface area contributed by atoms with E-state index in [4.69, 9.17) is 55.9 Å². The first-order valence-electron chi connectivity index (χ1n) is 21.0. The zero-order valence-corrected chi connectivity index (χ0v) is 40.2. The number of alkyl halides is 2. The lowest BCUT2D eigenvalue weighted by Crippen LogP contribution is -2.32. The Kier molecular flexibility index (Phi) is 19.5. The number of ketones is 2. The fourth-order valence-electron chi connectivity index (χ4n) is 6.46. The molecule has 0 saturated carbocycles. The van der Waals surface area contributed by atoms with Crippen LogP contribution >= 0.6 is 46.4 Å². The Morgan fingerprint density at radius 3 is 1.26 bits per heavy atom. The molecule has 354 valence electrons. The molecule has 0 spiro atoms. The number of halogens is 4. The summed E-state index contributed by atoms with van der Waals surface area (Å²) in [4.78, 5) is 79.5. The van der Waals surface area contributed by atoms with Crippen molar-refractivity contribution in [2.75, 3.05) is 46.2 Å². The molecule has 5 aromatic carbocycles. The van der Waals surface area contributed by atoms with E-state index >= 15 is 0 Å². The molecule has 0 aromatic heterocycles. The van der Waals surface area contributed by atoms with Gasteiger partial charge in [-0.15, -0.1) is 23.2 Å². The molecule has 0 saturated heterocycles. The number of aryl methyl sites for hydroxylation is 2. The van der Waals surface area contributed by atoms with Crippen LogP contribution in [0, 0.1) is 0 Å². The zero-order valence-electron chi connectivity index (χ0n) is 37.2. The minimum absolute atomic E-state index is 0.0196. The number of para-hydroxylation sites is 2. The number of Topliss-reactive ketones (excluding diaryl/α,β-unsaturated/α-hetero) is 2. The highest BCUT2D eigenvalue weighted by atomic mass is 35.5. The lowest BCUT2D eigenvalue weighted by Gasteiger charge is -2.20. The standard InChI is InChI=1S/C48H46Cl4N8O8/c1-5-67-43-39(55-47(65)41(27(3)61)59-57-35-23-31(21-33(51)25-35)45(63)53-37-13-9-7-11-29(37)17-19-49)15-16-40(44(43)68-6-2)56-48(66)42(28(4)62)60-58-36-24-32(22-34(52)26-36)46(64)54-38-14-10-8-12-30(38)18-20-50/h7-16,21-26,41-42H,5-6,17-20H2,1-4H3,(H,53,63)(H,54,64)(H,55,65)(H,56,66). The van der Waals surface area contributed by atoms with Crippen LogP contribution in [-0.4, -0.2) is 72.3 Å². The quantitative estimate of drug-likeness (QED) is 0.0296. The third-order valence-corrected chi connectivity index (χ3v) is 10.4. The van der Waals surface area contributed by atoms with E-state index in [0.29, 0.717) is 36.0 Å². The van der Waals surface area contributed by atoms with Crippen molar-refractivity contribution in [2.24, 2.45) is 20.5 Å². The molecule has 0 aliphatic rings. The molecular formula is C48H46Cl4N8O8. The maximum absolute atomic E-state index is 13.7. The first-order chi connectivity index (χ1) is 32.6. The van der Waals surface area contributed by atoms with Crippen LogP contribution in [0.2, 0.25) is 10.0 Å². The summed E-state index contributed by atoms with van der Waals surface area (Å²) in [6.45, 7) is 5.81. The van der Waals surface area contributed by atoms with Crippen molar-refractivity contribution < 1.29 is 38.2 Å². The smallest absolute Gasteiger partial charge is 0.258 e. The monoisotopic (exact) mass is 1000 g/mol. The largest absolute Gasteiger partial charge is 0.488 e. The first-order valence-corrected chi connectivity index (χ1v) is 22.9. The molecule has 5 aromatic rings. The Morgan fingerprint density at radius 2 is 0.912 bits per heavy atom. The molecule has 5 rings (SSSR count).